The fraction of sp³-hybridized carbons (Fsp3) is 0.391. The van der Waals surface area contributed by atoms with Gasteiger partial charge in [-0.1, -0.05) is 0 Å². The first-order valence-corrected chi connectivity index (χ1v) is 10.9. The van der Waals surface area contributed by atoms with E-state index in [0.29, 0.717) is 17.2 Å². The molecular weight excluding hydrogens is 409 g/mol. The number of nitrogens with zero attached hydrogens (tertiary/aromatic N) is 5. The maximum Gasteiger partial charge on any atom is 0.257 e. The second-order valence-electron chi connectivity index (χ2n) is 8.89. The van der Waals surface area contributed by atoms with Gasteiger partial charge >= 0.3 is 0 Å². The van der Waals surface area contributed by atoms with E-state index in [0.717, 1.165) is 48.0 Å². The van der Waals surface area contributed by atoms with Crippen LogP contribution in [-0.4, -0.2) is 60.7 Å². The van der Waals surface area contributed by atoms with Gasteiger partial charge in [-0.15, -0.1) is 0 Å². The predicted octanol–water partition coefficient (Wildman–Crippen LogP) is 4.06. The molecule has 1 amide bonds. The summed E-state index contributed by atoms with van der Waals surface area (Å²) < 4.78 is 15.5. The molecule has 32 heavy (non-hydrogen) atoms. The minimum absolute atomic E-state index is 0.0330. The molecule has 1 fully saturated rings. The highest BCUT2D eigenvalue weighted by atomic mass is 19.1. The van der Waals surface area contributed by atoms with Gasteiger partial charge in [0, 0.05) is 42.6 Å². The van der Waals surface area contributed by atoms with Crippen molar-refractivity contribution < 1.29 is 9.18 Å². The number of halogens is 1. The van der Waals surface area contributed by atoms with Crippen LogP contribution in [0.1, 0.15) is 43.5 Å². The molecule has 5 rings (SSSR count). The van der Waals surface area contributed by atoms with E-state index in [1.165, 1.54) is 20.3 Å². The Morgan fingerprint density at radius 1 is 1.25 bits per heavy atom. The first-order valence-electron chi connectivity index (χ1n) is 10.9. The lowest BCUT2D eigenvalue weighted by Crippen LogP contribution is -2.35. The number of carbonyl (C=O) groups excluding carboxylic acids is 1. The number of rotatable bonds is 5. The SMILES string of the molecule is CC(C)(F)CNc1ncc2c(-c3ccn4ncc(C(=O)N5CCCCC5)c4c3)c[nH]c2n1. The summed E-state index contributed by atoms with van der Waals surface area (Å²) in [5.74, 6) is 0.405. The van der Waals surface area contributed by atoms with Gasteiger partial charge in [-0.25, -0.2) is 13.9 Å². The number of pyridine rings is 1. The number of piperidine rings is 1. The molecule has 0 radical (unpaired) electrons. The van der Waals surface area contributed by atoms with E-state index in [2.05, 4.69) is 25.4 Å². The summed E-state index contributed by atoms with van der Waals surface area (Å²) >= 11 is 0. The lowest BCUT2D eigenvalue weighted by Gasteiger charge is -2.26. The molecule has 8 nitrogen and oxygen atoms in total. The van der Waals surface area contributed by atoms with Crippen molar-refractivity contribution in [1.29, 1.82) is 0 Å². The second kappa shape index (κ2) is 7.89. The average molecular weight is 436 g/mol. The van der Waals surface area contributed by atoms with E-state index in [-0.39, 0.29) is 12.5 Å². The number of alkyl halides is 1. The van der Waals surface area contributed by atoms with E-state index in [1.54, 1.807) is 16.9 Å². The minimum atomic E-state index is -1.36. The lowest BCUT2D eigenvalue weighted by molar-refractivity contribution is 0.0726. The number of amides is 1. The van der Waals surface area contributed by atoms with Gasteiger partial charge in [-0.05, 0) is 50.8 Å². The zero-order chi connectivity index (χ0) is 22.3. The number of likely N-dealkylation sites (tertiary alicyclic amines) is 1. The van der Waals surface area contributed by atoms with Crippen LogP contribution in [0.3, 0.4) is 0 Å². The molecular formula is C23H26FN7O. The number of aromatic amines is 1. The summed E-state index contributed by atoms with van der Waals surface area (Å²) in [5, 5.41) is 8.15. The standard InChI is InChI=1S/C23H26FN7O/c1-23(2,24)14-27-22-26-12-17-16(11-25-20(17)29-22)15-6-9-31-19(10-15)18(13-28-31)21(32)30-7-4-3-5-8-30/h6,9-13H,3-5,7-8,14H2,1-2H3,(H2,25,26,27,29). The van der Waals surface area contributed by atoms with Crippen LogP contribution in [0.4, 0.5) is 10.3 Å². The summed E-state index contributed by atoms with van der Waals surface area (Å²) in [5.41, 5.74) is 2.56. The van der Waals surface area contributed by atoms with Gasteiger partial charge in [0.25, 0.3) is 5.91 Å². The fourth-order valence-corrected chi connectivity index (χ4v) is 4.10. The molecule has 0 aromatic carbocycles. The normalized spacial score (nSPS) is 14.9. The molecule has 0 aliphatic carbocycles. The van der Waals surface area contributed by atoms with Crippen molar-refractivity contribution in [3.63, 3.8) is 0 Å². The van der Waals surface area contributed by atoms with E-state index < -0.39 is 5.67 Å². The quantitative estimate of drug-likeness (QED) is 0.493. The minimum Gasteiger partial charge on any atom is -0.351 e. The summed E-state index contributed by atoms with van der Waals surface area (Å²) in [6, 6.07) is 3.93. The topological polar surface area (TPSA) is 91.2 Å². The summed E-state index contributed by atoms with van der Waals surface area (Å²) in [6.45, 7) is 4.72. The Balaban J connectivity index is 1.47. The van der Waals surface area contributed by atoms with Crippen LogP contribution in [0.15, 0.2) is 36.9 Å². The van der Waals surface area contributed by atoms with Gasteiger partial charge in [0.2, 0.25) is 5.95 Å². The van der Waals surface area contributed by atoms with Crippen molar-refractivity contribution in [1.82, 2.24) is 29.5 Å². The number of H-pyrrole nitrogens is 1. The smallest absolute Gasteiger partial charge is 0.257 e. The third kappa shape index (κ3) is 3.90. The number of hydrogen-bond acceptors (Lipinski definition) is 5. The molecule has 4 aromatic heterocycles. The number of fused-ring (bicyclic) bond motifs is 2. The summed E-state index contributed by atoms with van der Waals surface area (Å²) in [7, 11) is 0. The lowest BCUT2D eigenvalue weighted by atomic mass is 10.1. The zero-order valence-electron chi connectivity index (χ0n) is 18.2. The molecule has 166 valence electrons. The highest BCUT2D eigenvalue weighted by Crippen LogP contribution is 2.30. The number of anilines is 1. The predicted molar refractivity (Wildman–Crippen MR) is 122 cm³/mol. The van der Waals surface area contributed by atoms with Crippen molar-refractivity contribution >= 4 is 28.4 Å². The van der Waals surface area contributed by atoms with Crippen molar-refractivity contribution in [3.05, 3.63) is 42.5 Å². The summed E-state index contributed by atoms with van der Waals surface area (Å²) in [4.78, 5) is 27.0. The first-order chi connectivity index (χ1) is 15.4. The number of hydrogen-bond donors (Lipinski definition) is 2. The van der Waals surface area contributed by atoms with E-state index >= 15 is 0 Å². The first kappa shape index (κ1) is 20.4. The molecule has 2 N–H and O–H groups in total. The third-order valence-electron chi connectivity index (χ3n) is 5.81. The van der Waals surface area contributed by atoms with Gasteiger partial charge < -0.3 is 15.2 Å². The molecule has 0 spiro atoms. The Hall–Kier alpha value is -3.49. The Morgan fingerprint density at radius 3 is 2.84 bits per heavy atom. The van der Waals surface area contributed by atoms with Crippen LogP contribution in [0.5, 0.6) is 0 Å². The van der Waals surface area contributed by atoms with E-state index in [4.69, 9.17) is 0 Å². The van der Waals surface area contributed by atoms with Gasteiger partial charge in [-0.2, -0.15) is 10.1 Å². The fourth-order valence-electron chi connectivity index (χ4n) is 4.10. The molecule has 0 saturated carbocycles. The van der Waals surface area contributed by atoms with Gasteiger partial charge in [0.05, 0.1) is 23.8 Å². The van der Waals surface area contributed by atoms with Crippen LogP contribution in [-0.2, 0) is 0 Å². The molecule has 1 saturated heterocycles. The van der Waals surface area contributed by atoms with Gasteiger partial charge in [0.15, 0.2) is 0 Å². The molecule has 0 bridgehead atoms. The summed E-state index contributed by atoms with van der Waals surface area (Å²) in [6.07, 6.45) is 10.4. The monoisotopic (exact) mass is 435 g/mol. The average Bonchev–Trinajstić information content (AvgIpc) is 3.40. The van der Waals surface area contributed by atoms with Crippen LogP contribution in [0.2, 0.25) is 0 Å². The van der Waals surface area contributed by atoms with Crippen LogP contribution >= 0.6 is 0 Å². The molecule has 0 atom stereocenters. The molecule has 9 heteroatoms. The Kier molecular flexibility index (Phi) is 5.03. The van der Waals surface area contributed by atoms with Crippen molar-refractivity contribution in [3.8, 4) is 11.1 Å². The van der Waals surface area contributed by atoms with E-state index in [1.807, 2.05) is 29.4 Å². The van der Waals surface area contributed by atoms with Crippen molar-refractivity contribution in [2.75, 3.05) is 25.0 Å². The molecule has 4 aromatic rings. The number of aromatic nitrogens is 5. The zero-order valence-corrected chi connectivity index (χ0v) is 18.2. The highest BCUT2D eigenvalue weighted by molar-refractivity contribution is 6.02. The highest BCUT2D eigenvalue weighted by Gasteiger charge is 2.22. The maximum atomic E-state index is 13.8. The van der Waals surface area contributed by atoms with Crippen molar-refractivity contribution in [2.24, 2.45) is 0 Å². The molecule has 1 aliphatic rings. The maximum absolute atomic E-state index is 13.8. The van der Waals surface area contributed by atoms with Crippen LogP contribution in [0.25, 0.3) is 27.7 Å². The molecule has 0 unspecified atom stereocenters. The van der Waals surface area contributed by atoms with E-state index in [9.17, 15) is 9.18 Å². The second-order valence-corrected chi connectivity index (χ2v) is 8.89. The molecule has 1 aliphatic heterocycles. The molecule has 5 heterocycles. The van der Waals surface area contributed by atoms with Crippen molar-refractivity contribution in [2.45, 2.75) is 38.8 Å². The van der Waals surface area contributed by atoms with Gasteiger partial charge in [-0.3, -0.25) is 4.79 Å². The largest absolute Gasteiger partial charge is 0.351 e. The Labute approximate surface area is 184 Å². The Morgan fingerprint density at radius 2 is 2.06 bits per heavy atom. The van der Waals surface area contributed by atoms with Gasteiger partial charge in [0.1, 0.15) is 11.3 Å². The number of carbonyl (C=O) groups is 1. The Bertz CT molecular complexity index is 1280. The van der Waals surface area contributed by atoms with Crippen LogP contribution < -0.4 is 5.32 Å². The number of nitrogens with one attached hydrogen (secondary N) is 2. The third-order valence-corrected chi connectivity index (χ3v) is 5.81. The van der Waals surface area contributed by atoms with Crippen LogP contribution in [0, 0.1) is 0 Å².